The van der Waals surface area contributed by atoms with Crippen LogP contribution in [0.5, 0.6) is 0 Å². The van der Waals surface area contributed by atoms with Gasteiger partial charge in [0.1, 0.15) is 23.0 Å². The molecule has 1 saturated heterocycles. The minimum Gasteiger partial charge on any atom is -0.378 e. The van der Waals surface area contributed by atoms with Crippen LogP contribution in [-0.4, -0.2) is 63.3 Å². The van der Waals surface area contributed by atoms with Gasteiger partial charge in [-0.1, -0.05) is 42.8 Å². The van der Waals surface area contributed by atoms with Crippen molar-refractivity contribution >= 4 is 40.4 Å². The second-order valence-electron chi connectivity index (χ2n) is 15.3. The van der Waals surface area contributed by atoms with Crippen LogP contribution in [-0.2, 0) is 26.8 Å². The first-order valence-electron chi connectivity index (χ1n) is 17.8. The summed E-state index contributed by atoms with van der Waals surface area (Å²) in [6.45, 7) is 5.08. The number of H-pyrrole nitrogens is 1. The van der Waals surface area contributed by atoms with Gasteiger partial charge in [0.15, 0.2) is 0 Å². The van der Waals surface area contributed by atoms with E-state index < -0.39 is 17.5 Å². The van der Waals surface area contributed by atoms with E-state index in [2.05, 4.69) is 33.0 Å². The number of ether oxygens (including phenoxy) is 1. The molecule has 5 fully saturated rings. The first-order valence-corrected chi connectivity index (χ1v) is 18.1. The number of amides is 3. The van der Waals surface area contributed by atoms with Gasteiger partial charge in [0, 0.05) is 36.1 Å². The van der Waals surface area contributed by atoms with E-state index in [1.54, 1.807) is 24.0 Å². The number of carbonyl (C=O) groups is 3. The molecular weight excluding hydrogens is 654 g/mol. The minimum atomic E-state index is -0.939. The first kappa shape index (κ1) is 33.0. The van der Waals surface area contributed by atoms with Gasteiger partial charge in [0.2, 0.25) is 11.8 Å². The van der Waals surface area contributed by atoms with Crippen molar-refractivity contribution in [2.24, 2.45) is 23.8 Å². The van der Waals surface area contributed by atoms with Gasteiger partial charge in [-0.3, -0.25) is 19.1 Å². The summed E-state index contributed by atoms with van der Waals surface area (Å²) in [5, 5.41) is 14.3. The molecule has 1 aliphatic heterocycles. The van der Waals surface area contributed by atoms with Gasteiger partial charge in [0.05, 0.1) is 30.3 Å². The summed E-state index contributed by atoms with van der Waals surface area (Å²) in [7, 11) is 1.74. The van der Waals surface area contributed by atoms with Crippen LogP contribution in [0.25, 0.3) is 11.0 Å². The average molecular weight is 698 g/mol. The standard InChI is InChI=1S/C38H44ClN7O4/c1-4-40-34(48)31(37-13-11-22(18-37)19-37)45-35(49)38(20-50-21-38)23-9-10-26-27(17-23)43-32(42-26)30(44-33(47)28-12-16-41-46(28)3)29(36(2)14-15-36)24-7-5-6-8-25(24)39/h5-10,12,16-17,22,29-31H,4,11,13-15,18-21H2,1-3H3,(H,40,48)(H,42,43)(H,44,47)(H,45,49)/t22?,29-,30-,31-,37?/m0/s1. The third-order valence-electron chi connectivity index (χ3n) is 12.1. The molecule has 2 bridgehead atoms. The average Bonchev–Trinajstić information content (AvgIpc) is 3.52. The van der Waals surface area contributed by atoms with Gasteiger partial charge < -0.3 is 25.7 Å². The molecule has 262 valence electrons. The van der Waals surface area contributed by atoms with E-state index in [4.69, 9.17) is 21.3 Å². The number of aromatic nitrogens is 4. The Hall–Kier alpha value is -4.22. The number of fused-ring (bicyclic) bond motifs is 2. The van der Waals surface area contributed by atoms with Crippen LogP contribution in [0.15, 0.2) is 54.7 Å². The summed E-state index contributed by atoms with van der Waals surface area (Å²) < 4.78 is 7.24. The quantitative estimate of drug-likeness (QED) is 0.163. The van der Waals surface area contributed by atoms with E-state index in [1.165, 1.54) is 0 Å². The van der Waals surface area contributed by atoms with Gasteiger partial charge >= 0.3 is 0 Å². The monoisotopic (exact) mass is 697 g/mol. The summed E-state index contributed by atoms with van der Waals surface area (Å²) in [5.41, 5.74) is 2.41. The Bertz CT molecular complexity index is 1970. The molecule has 12 heteroatoms. The normalized spacial score (nSPS) is 24.4. The molecule has 0 unspecified atom stereocenters. The SMILES string of the molecule is CCNC(=O)[C@H](NC(=O)C1(c2ccc3[nH]c([C@@H](NC(=O)c4ccnn4C)[C@H](c4ccccc4Cl)C4(C)CC4)nc3c2)COC1)C12CCC(C1)C2. The number of hydrogen-bond donors (Lipinski definition) is 4. The molecule has 4 N–H and O–H groups in total. The van der Waals surface area contributed by atoms with Crippen LogP contribution in [0.1, 0.15) is 91.8 Å². The maximum Gasteiger partial charge on any atom is 0.270 e. The smallest absolute Gasteiger partial charge is 0.270 e. The minimum absolute atomic E-state index is 0.106. The Morgan fingerprint density at radius 1 is 1.08 bits per heavy atom. The molecule has 50 heavy (non-hydrogen) atoms. The molecule has 3 atom stereocenters. The van der Waals surface area contributed by atoms with Crippen LogP contribution in [0.3, 0.4) is 0 Å². The largest absolute Gasteiger partial charge is 0.378 e. The molecule has 4 aliphatic carbocycles. The number of nitrogens with zero attached hydrogens (tertiary/aromatic N) is 3. The van der Waals surface area contributed by atoms with E-state index in [-0.39, 0.29) is 47.7 Å². The van der Waals surface area contributed by atoms with Crippen molar-refractivity contribution < 1.29 is 19.1 Å². The van der Waals surface area contributed by atoms with E-state index in [1.807, 2.05) is 49.4 Å². The molecule has 0 spiro atoms. The number of nitrogens with one attached hydrogen (secondary N) is 4. The van der Waals surface area contributed by atoms with Crippen molar-refractivity contribution in [1.82, 2.24) is 35.7 Å². The Kier molecular flexibility index (Phi) is 8.06. The van der Waals surface area contributed by atoms with Crippen molar-refractivity contribution in [2.45, 2.75) is 75.8 Å². The summed E-state index contributed by atoms with van der Waals surface area (Å²) in [5.74, 6) is 0.519. The fourth-order valence-electron chi connectivity index (χ4n) is 8.93. The van der Waals surface area contributed by atoms with Gasteiger partial charge in [-0.05, 0) is 92.2 Å². The third-order valence-corrected chi connectivity index (χ3v) is 12.5. The molecule has 4 aromatic rings. The highest BCUT2D eigenvalue weighted by atomic mass is 35.5. The molecule has 2 aromatic carbocycles. The van der Waals surface area contributed by atoms with Crippen LogP contribution < -0.4 is 16.0 Å². The number of likely N-dealkylation sites (N-methyl/N-ethyl adjacent to an activating group) is 1. The molecule has 3 heterocycles. The zero-order chi connectivity index (χ0) is 34.8. The fraction of sp³-hybridized carbons (Fsp3) is 0.500. The number of hydrogen-bond acceptors (Lipinski definition) is 6. The fourth-order valence-corrected chi connectivity index (χ4v) is 9.19. The molecule has 11 nitrogen and oxygen atoms in total. The Morgan fingerprint density at radius 3 is 2.48 bits per heavy atom. The molecular formula is C38H44ClN7O4. The second-order valence-corrected chi connectivity index (χ2v) is 15.8. The van der Waals surface area contributed by atoms with Crippen molar-refractivity contribution in [1.29, 1.82) is 0 Å². The topological polar surface area (TPSA) is 143 Å². The Labute approximate surface area is 296 Å². The van der Waals surface area contributed by atoms with Crippen molar-refractivity contribution in [3.8, 4) is 0 Å². The lowest BCUT2D eigenvalue weighted by Gasteiger charge is -2.47. The highest BCUT2D eigenvalue weighted by molar-refractivity contribution is 6.31. The lowest BCUT2D eigenvalue weighted by molar-refractivity contribution is -0.150. The van der Waals surface area contributed by atoms with Crippen LogP contribution in [0, 0.1) is 16.7 Å². The van der Waals surface area contributed by atoms with Crippen molar-refractivity contribution in [2.75, 3.05) is 19.8 Å². The Balaban J connectivity index is 1.14. The van der Waals surface area contributed by atoms with E-state index in [0.717, 1.165) is 55.2 Å². The molecule has 9 rings (SSSR count). The molecule has 5 aliphatic rings. The predicted molar refractivity (Wildman–Crippen MR) is 189 cm³/mol. The number of rotatable bonds is 12. The highest BCUT2D eigenvalue weighted by Crippen LogP contribution is 2.61. The predicted octanol–water partition coefficient (Wildman–Crippen LogP) is 5.08. The summed E-state index contributed by atoms with van der Waals surface area (Å²) in [6.07, 6.45) is 7.60. The van der Waals surface area contributed by atoms with E-state index in [0.29, 0.717) is 34.5 Å². The second kappa shape index (κ2) is 12.2. The third kappa shape index (κ3) is 5.40. The number of aryl methyl sites for hydroxylation is 1. The van der Waals surface area contributed by atoms with Crippen molar-refractivity contribution in [3.05, 3.63) is 82.4 Å². The van der Waals surface area contributed by atoms with Gasteiger partial charge in [-0.15, -0.1) is 0 Å². The highest BCUT2D eigenvalue weighted by Gasteiger charge is 2.59. The van der Waals surface area contributed by atoms with E-state index >= 15 is 0 Å². The maximum atomic E-state index is 14.2. The van der Waals surface area contributed by atoms with Gasteiger partial charge in [-0.2, -0.15) is 5.10 Å². The van der Waals surface area contributed by atoms with Gasteiger partial charge in [0.25, 0.3) is 5.91 Å². The summed E-state index contributed by atoms with van der Waals surface area (Å²) in [4.78, 5) is 49.9. The molecule has 2 aromatic heterocycles. The number of benzene rings is 2. The molecule has 4 saturated carbocycles. The molecule has 3 amide bonds. The van der Waals surface area contributed by atoms with Crippen LogP contribution >= 0.6 is 11.6 Å². The lowest BCUT2D eigenvalue weighted by Crippen LogP contribution is -2.65. The zero-order valence-corrected chi connectivity index (χ0v) is 29.5. The zero-order valence-electron chi connectivity index (χ0n) is 28.7. The van der Waals surface area contributed by atoms with Gasteiger partial charge in [-0.25, -0.2) is 4.98 Å². The first-order chi connectivity index (χ1) is 24.1. The molecule has 0 radical (unpaired) electrons. The Morgan fingerprint density at radius 2 is 1.86 bits per heavy atom. The summed E-state index contributed by atoms with van der Waals surface area (Å²) >= 11 is 6.84. The lowest BCUT2D eigenvalue weighted by atomic mass is 9.64. The van der Waals surface area contributed by atoms with E-state index in [9.17, 15) is 14.4 Å². The summed E-state index contributed by atoms with van der Waals surface area (Å²) in [6, 6.07) is 14.2. The van der Waals surface area contributed by atoms with Crippen LogP contribution in [0.4, 0.5) is 0 Å². The van der Waals surface area contributed by atoms with Crippen LogP contribution in [0.2, 0.25) is 5.02 Å². The number of aromatic amines is 1. The number of halogens is 1. The maximum absolute atomic E-state index is 14.2. The number of imidazole rings is 1. The number of carbonyl (C=O) groups excluding carboxylic acids is 3. The van der Waals surface area contributed by atoms with Crippen molar-refractivity contribution in [3.63, 3.8) is 0 Å².